The lowest BCUT2D eigenvalue weighted by Crippen LogP contribution is -2.54. The number of rotatable bonds is 4. The molecule has 1 fully saturated rings. The van der Waals surface area contributed by atoms with Gasteiger partial charge in [0.05, 0.1) is 17.5 Å². The molecule has 0 aliphatic heterocycles. The lowest BCUT2D eigenvalue weighted by atomic mass is 9.74. The van der Waals surface area contributed by atoms with Crippen LogP contribution in [0.4, 0.5) is 4.39 Å². The van der Waals surface area contributed by atoms with Gasteiger partial charge in [0.15, 0.2) is 0 Å². The molecule has 0 heterocycles. The van der Waals surface area contributed by atoms with Crippen LogP contribution in [0.25, 0.3) is 0 Å². The smallest absolute Gasteiger partial charge is 0.305 e. The Morgan fingerprint density at radius 3 is 2.58 bits per heavy atom. The van der Waals surface area contributed by atoms with Crippen molar-refractivity contribution in [2.24, 2.45) is 0 Å². The molecule has 0 aromatic heterocycles. The average molecular weight is 330 g/mol. The van der Waals surface area contributed by atoms with Crippen LogP contribution < -0.4 is 5.32 Å². The van der Waals surface area contributed by atoms with Gasteiger partial charge in [-0.3, -0.25) is 9.59 Å². The van der Waals surface area contributed by atoms with Crippen molar-refractivity contribution >= 4 is 27.8 Å². The van der Waals surface area contributed by atoms with Crippen LogP contribution in [0, 0.1) is 5.82 Å². The quantitative estimate of drug-likeness (QED) is 0.892. The molecular formula is C13H13BrFNO3. The number of hydrogen-bond acceptors (Lipinski definition) is 2. The zero-order chi connectivity index (χ0) is 14.0. The summed E-state index contributed by atoms with van der Waals surface area (Å²) in [6, 6.07) is 3.78. The molecule has 2 N–H and O–H groups in total. The second kappa shape index (κ2) is 5.28. The number of carbonyl (C=O) groups is 2. The highest BCUT2D eigenvalue weighted by molar-refractivity contribution is 9.10. The minimum atomic E-state index is -0.932. The molecule has 19 heavy (non-hydrogen) atoms. The highest BCUT2D eigenvalue weighted by Crippen LogP contribution is 2.35. The number of aliphatic carboxylic acids is 1. The Balaban J connectivity index is 2.13. The van der Waals surface area contributed by atoms with Gasteiger partial charge in [-0.2, -0.15) is 0 Å². The number of amides is 1. The third-order valence-electron chi connectivity index (χ3n) is 3.35. The summed E-state index contributed by atoms with van der Waals surface area (Å²) >= 11 is 3.13. The van der Waals surface area contributed by atoms with Gasteiger partial charge in [-0.1, -0.05) is 0 Å². The van der Waals surface area contributed by atoms with E-state index < -0.39 is 17.3 Å². The number of hydrogen-bond donors (Lipinski definition) is 2. The maximum absolute atomic E-state index is 13.0. The van der Waals surface area contributed by atoms with E-state index in [1.165, 1.54) is 18.2 Å². The van der Waals surface area contributed by atoms with Crippen molar-refractivity contribution in [1.82, 2.24) is 5.32 Å². The molecule has 1 saturated carbocycles. The van der Waals surface area contributed by atoms with Gasteiger partial charge in [-0.15, -0.1) is 0 Å². The van der Waals surface area contributed by atoms with Crippen LogP contribution in [-0.4, -0.2) is 22.5 Å². The molecule has 1 aromatic rings. The van der Waals surface area contributed by atoms with Gasteiger partial charge < -0.3 is 10.4 Å². The monoisotopic (exact) mass is 329 g/mol. The third-order valence-corrected chi connectivity index (χ3v) is 4.01. The Labute approximate surface area is 118 Å². The molecule has 4 nitrogen and oxygen atoms in total. The molecule has 0 saturated heterocycles. The lowest BCUT2D eigenvalue weighted by Gasteiger charge is -2.41. The first-order chi connectivity index (χ1) is 8.92. The lowest BCUT2D eigenvalue weighted by molar-refractivity contribution is -0.139. The van der Waals surface area contributed by atoms with Crippen LogP contribution in [-0.2, 0) is 4.79 Å². The number of carboxylic acid groups (broad SMARTS) is 1. The standard InChI is InChI=1S/C13H13BrFNO3/c14-10-6-8(15)2-3-9(10)12(19)16-13(4-1-5-13)7-11(17)18/h2-3,6H,1,4-5,7H2,(H,16,19)(H,17,18). The van der Waals surface area contributed by atoms with Crippen molar-refractivity contribution in [2.75, 3.05) is 0 Å². The van der Waals surface area contributed by atoms with E-state index in [1.54, 1.807) is 0 Å². The zero-order valence-electron chi connectivity index (χ0n) is 10.1. The maximum Gasteiger partial charge on any atom is 0.305 e. The predicted octanol–water partition coefficient (Wildman–Crippen LogP) is 2.72. The van der Waals surface area contributed by atoms with Gasteiger partial charge >= 0.3 is 5.97 Å². The van der Waals surface area contributed by atoms with Crippen molar-refractivity contribution in [3.05, 3.63) is 34.1 Å². The highest BCUT2D eigenvalue weighted by atomic mass is 79.9. The zero-order valence-corrected chi connectivity index (χ0v) is 11.7. The molecule has 0 bridgehead atoms. The van der Waals surface area contributed by atoms with Crippen LogP contribution in [0.15, 0.2) is 22.7 Å². The largest absolute Gasteiger partial charge is 0.481 e. The summed E-state index contributed by atoms with van der Waals surface area (Å²) in [5, 5.41) is 11.6. The van der Waals surface area contributed by atoms with Crippen molar-refractivity contribution in [3.63, 3.8) is 0 Å². The minimum Gasteiger partial charge on any atom is -0.481 e. The first-order valence-electron chi connectivity index (χ1n) is 5.91. The molecular weight excluding hydrogens is 317 g/mol. The minimum absolute atomic E-state index is 0.0858. The first-order valence-corrected chi connectivity index (χ1v) is 6.71. The fourth-order valence-electron chi connectivity index (χ4n) is 2.22. The van der Waals surface area contributed by atoms with Crippen LogP contribution >= 0.6 is 15.9 Å². The maximum atomic E-state index is 13.0. The van der Waals surface area contributed by atoms with Gasteiger partial charge in [0.25, 0.3) is 5.91 Å². The first kappa shape index (κ1) is 14.0. The Bertz CT molecular complexity index is 529. The Hall–Kier alpha value is -1.43. The average Bonchev–Trinajstić information content (AvgIpc) is 2.25. The van der Waals surface area contributed by atoms with Gasteiger partial charge in [-0.25, -0.2) is 4.39 Å². The summed E-state index contributed by atoms with van der Waals surface area (Å²) in [6.45, 7) is 0. The van der Waals surface area contributed by atoms with Gasteiger partial charge in [0.1, 0.15) is 5.82 Å². The normalized spacial score (nSPS) is 16.5. The molecule has 0 spiro atoms. The summed E-state index contributed by atoms with van der Waals surface area (Å²) in [6.07, 6.45) is 2.13. The molecule has 0 atom stereocenters. The van der Waals surface area contributed by atoms with Crippen LogP contribution in [0.5, 0.6) is 0 Å². The number of benzene rings is 1. The van der Waals surface area contributed by atoms with E-state index in [0.717, 1.165) is 6.42 Å². The van der Waals surface area contributed by atoms with Gasteiger partial charge in [0.2, 0.25) is 0 Å². The predicted molar refractivity (Wildman–Crippen MR) is 70.4 cm³/mol. The fourth-order valence-corrected chi connectivity index (χ4v) is 2.75. The number of carboxylic acids is 1. The molecule has 1 aliphatic carbocycles. The summed E-state index contributed by atoms with van der Waals surface area (Å²) < 4.78 is 13.3. The van der Waals surface area contributed by atoms with Crippen molar-refractivity contribution in [3.8, 4) is 0 Å². The van der Waals surface area contributed by atoms with E-state index in [2.05, 4.69) is 21.2 Å². The molecule has 2 rings (SSSR count). The summed E-state index contributed by atoms with van der Waals surface area (Å²) in [7, 11) is 0. The fraction of sp³-hybridized carbons (Fsp3) is 0.385. The van der Waals surface area contributed by atoms with Crippen molar-refractivity contribution in [2.45, 2.75) is 31.2 Å². The van der Waals surface area contributed by atoms with E-state index >= 15 is 0 Å². The molecule has 0 radical (unpaired) electrons. The topological polar surface area (TPSA) is 66.4 Å². The van der Waals surface area contributed by atoms with E-state index in [1.807, 2.05) is 0 Å². The van der Waals surface area contributed by atoms with Crippen LogP contribution in [0.1, 0.15) is 36.0 Å². The highest BCUT2D eigenvalue weighted by Gasteiger charge is 2.40. The van der Waals surface area contributed by atoms with E-state index in [4.69, 9.17) is 5.11 Å². The SMILES string of the molecule is O=C(O)CC1(NC(=O)c2ccc(F)cc2Br)CCC1. The Morgan fingerprint density at radius 2 is 2.11 bits per heavy atom. The number of carbonyl (C=O) groups excluding carboxylic acids is 1. The Morgan fingerprint density at radius 1 is 1.42 bits per heavy atom. The van der Waals surface area contributed by atoms with E-state index in [0.29, 0.717) is 22.9 Å². The van der Waals surface area contributed by atoms with Gasteiger partial charge in [0, 0.05) is 4.47 Å². The van der Waals surface area contributed by atoms with E-state index in [9.17, 15) is 14.0 Å². The number of halogens is 2. The van der Waals surface area contributed by atoms with Crippen LogP contribution in [0.3, 0.4) is 0 Å². The molecule has 1 amide bonds. The third kappa shape index (κ3) is 3.12. The van der Waals surface area contributed by atoms with Crippen LogP contribution in [0.2, 0.25) is 0 Å². The summed E-state index contributed by atoms with van der Waals surface area (Å²) in [5.41, 5.74) is -0.352. The molecule has 102 valence electrons. The number of nitrogens with one attached hydrogen (secondary N) is 1. The second-order valence-electron chi connectivity index (χ2n) is 4.78. The van der Waals surface area contributed by atoms with Crippen molar-refractivity contribution in [1.29, 1.82) is 0 Å². The summed E-state index contributed by atoms with van der Waals surface area (Å²) in [4.78, 5) is 22.9. The summed E-state index contributed by atoms with van der Waals surface area (Å²) in [5.74, 6) is -1.75. The molecule has 0 unspecified atom stereocenters. The Kier molecular flexibility index (Phi) is 3.89. The second-order valence-corrected chi connectivity index (χ2v) is 5.64. The van der Waals surface area contributed by atoms with E-state index in [-0.39, 0.29) is 12.3 Å². The molecule has 6 heteroatoms. The van der Waals surface area contributed by atoms with Gasteiger partial charge in [-0.05, 0) is 53.4 Å². The molecule has 1 aromatic carbocycles. The molecule has 1 aliphatic rings. The van der Waals surface area contributed by atoms with Crippen molar-refractivity contribution < 1.29 is 19.1 Å².